The SMILES string of the molecule is CCC(=O)Nc1ccc(NC(=O)N2CC3[C@@H]4CC[C@@H](C4)C3(C)C2)cc1. The minimum Gasteiger partial charge on any atom is -0.326 e. The van der Waals surface area contributed by atoms with E-state index in [0.29, 0.717) is 17.8 Å². The third kappa shape index (κ3) is 2.79. The molecule has 2 bridgehead atoms. The Balaban J connectivity index is 1.37. The van der Waals surface area contributed by atoms with E-state index < -0.39 is 0 Å². The highest BCUT2D eigenvalue weighted by atomic mass is 16.2. The molecule has 2 aliphatic carbocycles. The second-order valence-electron chi connectivity index (χ2n) is 8.17. The van der Waals surface area contributed by atoms with Gasteiger partial charge in [-0.15, -0.1) is 0 Å². The van der Waals surface area contributed by atoms with Gasteiger partial charge in [0.1, 0.15) is 0 Å². The van der Waals surface area contributed by atoms with Gasteiger partial charge < -0.3 is 15.5 Å². The van der Waals surface area contributed by atoms with Gasteiger partial charge in [-0.2, -0.15) is 0 Å². The fourth-order valence-electron chi connectivity index (χ4n) is 5.38. The van der Waals surface area contributed by atoms with Crippen LogP contribution in [-0.2, 0) is 4.79 Å². The molecule has 2 saturated carbocycles. The van der Waals surface area contributed by atoms with E-state index in [1.807, 2.05) is 36.1 Å². The molecule has 1 saturated heterocycles. The van der Waals surface area contributed by atoms with Crippen molar-refractivity contribution in [2.45, 2.75) is 39.5 Å². The van der Waals surface area contributed by atoms with E-state index in [-0.39, 0.29) is 11.9 Å². The van der Waals surface area contributed by atoms with Gasteiger partial charge >= 0.3 is 6.03 Å². The molecule has 25 heavy (non-hydrogen) atoms. The number of rotatable bonds is 3. The van der Waals surface area contributed by atoms with Crippen LogP contribution in [0.25, 0.3) is 0 Å². The van der Waals surface area contributed by atoms with Crippen molar-refractivity contribution in [1.29, 1.82) is 0 Å². The van der Waals surface area contributed by atoms with Crippen LogP contribution in [0.3, 0.4) is 0 Å². The average molecular weight is 341 g/mol. The molecule has 2 unspecified atom stereocenters. The summed E-state index contributed by atoms with van der Waals surface area (Å²) in [4.78, 5) is 26.1. The quantitative estimate of drug-likeness (QED) is 0.875. The van der Waals surface area contributed by atoms with Gasteiger partial charge in [-0.25, -0.2) is 4.79 Å². The highest BCUT2D eigenvalue weighted by Gasteiger charge is 2.59. The average Bonchev–Trinajstić information content (AvgIpc) is 3.27. The second-order valence-corrected chi connectivity index (χ2v) is 8.17. The Morgan fingerprint density at radius 2 is 1.84 bits per heavy atom. The molecule has 1 aromatic carbocycles. The number of hydrogen-bond donors (Lipinski definition) is 2. The molecule has 0 spiro atoms. The van der Waals surface area contributed by atoms with Gasteiger partial charge in [-0.1, -0.05) is 13.8 Å². The largest absolute Gasteiger partial charge is 0.326 e. The van der Waals surface area contributed by atoms with E-state index in [0.717, 1.165) is 36.3 Å². The van der Waals surface area contributed by atoms with Gasteiger partial charge in [0, 0.05) is 30.9 Å². The number of fused-ring (bicyclic) bond motifs is 5. The zero-order chi connectivity index (χ0) is 17.6. The summed E-state index contributed by atoms with van der Waals surface area (Å²) in [5, 5.41) is 5.82. The zero-order valence-electron chi connectivity index (χ0n) is 15.0. The molecule has 0 aromatic heterocycles. The normalized spacial score (nSPS) is 32.6. The van der Waals surface area contributed by atoms with Gasteiger partial charge in [0.25, 0.3) is 0 Å². The van der Waals surface area contributed by atoms with Crippen LogP contribution in [0.4, 0.5) is 16.2 Å². The molecular weight excluding hydrogens is 314 g/mol. The predicted octanol–water partition coefficient (Wildman–Crippen LogP) is 3.94. The van der Waals surface area contributed by atoms with Crippen molar-refractivity contribution in [3.63, 3.8) is 0 Å². The van der Waals surface area contributed by atoms with Crippen molar-refractivity contribution >= 4 is 23.3 Å². The van der Waals surface area contributed by atoms with Crippen molar-refractivity contribution in [2.24, 2.45) is 23.2 Å². The number of benzene rings is 1. The van der Waals surface area contributed by atoms with Crippen molar-refractivity contribution in [3.05, 3.63) is 24.3 Å². The van der Waals surface area contributed by atoms with E-state index in [9.17, 15) is 9.59 Å². The molecule has 134 valence electrons. The summed E-state index contributed by atoms with van der Waals surface area (Å²) >= 11 is 0. The molecule has 1 heterocycles. The van der Waals surface area contributed by atoms with Crippen LogP contribution in [0.1, 0.15) is 39.5 Å². The van der Waals surface area contributed by atoms with Gasteiger partial charge in [-0.3, -0.25) is 4.79 Å². The number of nitrogens with one attached hydrogen (secondary N) is 2. The summed E-state index contributed by atoms with van der Waals surface area (Å²) in [6.07, 6.45) is 4.53. The molecular formula is C20H27N3O2. The van der Waals surface area contributed by atoms with Crippen molar-refractivity contribution in [2.75, 3.05) is 23.7 Å². The van der Waals surface area contributed by atoms with E-state index in [1.54, 1.807) is 0 Å². The van der Waals surface area contributed by atoms with Crippen molar-refractivity contribution < 1.29 is 9.59 Å². The highest BCUT2D eigenvalue weighted by Crippen LogP contribution is 2.62. The van der Waals surface area contributed by atoms with E-state index in [4.69, 9.17) is 0 Å². The minimum atomic E-state index is -0.0109. The number of likely N-dealkylation sites (tertiary alicyclic amines) is 1. The summed E-state index contributed by atoms with van der Waals surface area (Å²) in [5.74, 6) is 2.31. The number of anilines is 2. The summed E-state index contributed by atoms with van der Waals surface area (Å²) < 4.78 is 0. The maximum absolute atomic E-state index is 12.7. The molecule has 4 rings (SSSR count). The lowest BCUT2D eigenvalue weighted by atomic mass is 9.70. The number of carbonyl (C=O) groups is 2. The third-order valence-corrected chi connectivity index (χ3v) is 6.80. The standard InChI is InChI=1S/C20H27N3O2/c1-3-18(24)21-15-6-8-16(9-7-15)22-19(25)23-11-17-13-4-5-14(10-13)20(17,2)12-23/h6-9,13-14,17H,3-5,10-12H2,1-2H3,(H,21,24)(H,22,25)/t13-,14+,17?,20?/m1/s1. The lowest BCUT2D eigenvalue weighted by Gasteiger charge is -2.34. The molecule has 3 fully saturated rings. The molecule has 0 radical (unpaired) electrons. The fourth-order valence-corrected chi connectivity index (χ4v) is 5.38. The van der Waals surface area contributed by atoms with Crippen LogP contribution in [0.15, 0.2) is 24.3 Å². The van der Waals surface area contributed by atoms with Gasteiger partial charge in [-0.05, 0) is 66.7 Å². The van der Waals surface area contributed by atoms with Crippen LogP contribution in [-0.4, -0.2) is 29.9 Å². The van der Waals surface area contributed by atoms with Crippen LogP contribution in [0, 0.1) is 23.2 Å². The Labute approximate surface area is 149 Å². The van der Waals surface area contributed by atoms with Gasteiger partial charge in [0.2, 0.25) is 5.91 Å². The Kier molecular flexibility index (Phi) is 3.97. The maximum Gasteiger partial charge on any atom is 0.321 e. The molecule has 3 aliphatic rings. The fraction of sp³-hybridized carbons (Fsp3) is 0.600. The van der Waals surface area contributed by atoms with Crippen molar-refractivity contribution in [1.82, 2.24) is 4.90 Å². The van der Waals surface area contributed by atoms with Crippen LogP contribution in [0.5, 0.6) is 0 Å². The molecule has 1 aromatic rings. The number of amides is 3. The summed E-state index contributed by atoms with van der Waals surface area (Å²) in [6.45, 7) is 5.99. The molecule has 2 N–H and O–H groups in total. The Bertz CT molecular complexity index is 687. The number of urea groups is 1. The first-order chi connectivity index (χ1) is 12.0. The highest BCUT2D eigenvalue weighted by molar-refractivity contribution is 5.92. The monoisotopic (exact) mass is 341 g/mol. The van der Waals surface area contributed by atoms with Gasteiger partial charge in [0.15, 0.2) is 0 Å². The Morgan fingerprint density at radius 1 is 1.16 bits per heavy atom. The van der Waals surface area contributed by atoms with E-state index >= 15 is 0 Å². The zero-order valence-corrected chi connectivity index (χ0v) is 15.0. The first-order valence-corrected chi connectivity index (χ1v) is 9.45. The summed E-state index contributed by atoms with van der Waals surface area (Å²) in [5.41, 5.74) is 1.85. The maximum atomic E-state index is 12.7. The minimum absolute atomic E-state index is 0.000341. The van der Waals surface area contributed by atoms with Crippen LogP contribution in [0.2, 0.25) is 0 Å². The van der Waals surface area contributed by atoms with Crippen LogP contribution >= 0.6 is 0 Å². The number of carbonyl (C=O) groups excluding carboxylic acids is 2. The smallest absolute Gasteiger partial charge is 0.321 e. The topological polar surface area (TPSA) is 61.4 Å². The number of hydrogen-bond acceptors (Lipinski definition) is 2. The molecule has 3 amide bonds. The predicted molar refractivity (Wildman–Crippen MR) is 98.4 cm³/mol. The Morgan fingerprint density at radius 3 is 2.48 bits per heavy atom. The lowest BCUT2D eigenvalue weighted by molar-refractivity contribution is -0.115. The molecule has 1 aliphatic heterocycles. The van der Waals surface area contributed by atoms with E-state index in [1.165, 1.54) is 19.3 Å². The molecule has 4 atom stereocenters. The van der Waals surface area contributed by atoms with Crippen molar-refractivity contribution in [3.8, 4) is 0 Å². The summed E-state index contributed by atoms with van der Waals surface area (Å²) in [7, 11) is 0. The number of nitrogens with zero attached hydrogens (tertiary/aromatic N) is 1. The van der Waals surface area contributed by atoms with E-state index in [2.05, 4.69) is 17.6 Å². The first kappa shape index (κ1) is 16.4. The van der Waals surface area contributed by atoms with Crippen LogP contribution < -0.4 is 10.6 Å². The third-order valence-electron chi connectivity index (χ3n) is 6.80. The molecule has 5 heteroatoms. The molecule has 5 nitrogen and oxygen atoms in total. The second kappa shape index (κ2) is 6.04. The first-order valence-electron chi connectivity index (χ1n) is 9.45. The van der Waals surface area contributed by atoms with Gasteiger partial charge in [0.05, 0.1) is 0 Å². The Hall–Kier alpha value is -2.04. The lowest BCUT2D eigenvalue weighted by Crippen LogP contribution is -2.36. The summed E-state index contributed by atoms with van der Waals surface area (Å²) in [6, 6.07) is 7.32.